The molecule has 1 amide bonds. The molecule has 0 spiro atoms. The first kappa shape index (κ1) is 16.5. The Hall–Kier alpha value is -1.85. The van der Waals surface area contributed by atoms with E-state index in [4.69, 9.17) is 23.2 Å². The van der Waals surface area contributed by atoms with E-state index in [-0.39, 0.29) is 11.6 Å². The van der Waals surface area contributed by atoms with Crippen molar-refractivity contribution < 1.29 is 4.79 Å². The number of rotatable bonds is 6. The Labute approximate surface area is 139 Å². The van der Waals surface area contributed by atoms with Crippen molar-refractivity contribution in [2.75, 3.05) is 11.9 Å². The van der Waals surface area contributed by atoms with E-state index in [1.54, 1.807) is 18.2 Å². The van der Waals surface area contributed by atoms with E-state index in [1.807, 2.05) is 0 Å². The molecule has 5 nitrogen and oxygen atoms in total. The number of nitrogens with zero attached hydrogens (tertiary/aromatic N) is 2. The van der Waals surface area contributed by atoms with Crippen LogP contribution in [0.5, 0.6) is 0 Å². The first-order valence-corrected chi connectivity index (χ1v) is 7.68. The highest BCUT2D eigenvalue weighted by atomic mass is 35.5. The lowest BCUT2D eigenvalue weighted by Crippen LogP contribution is -2.25. The standard InChI is InChI=1S/C15H16Cl2N4O/c1-2-3-6-18-15(22)13-8-20-14(9-19-13)21-12-5-4-10(16)7-11(12)17/h4-5,7-9H,2-3,6H2,1H3,(H,18,22)(H,20,21). The van der Waals surface area contributed by atoms with Gasteiger partial charge < -0.3 is 10.6 Å². The molecule has 0 saturated heterocycles. The van der Waals surface area contributed by atoms with Gasteiger partial charge in [0.25, 0.3) is 5.91 Å². The van der Waals surface area contributed by atoms with Crippen LogP contribution in [0.15, 0.2) is 30.6 Å². The lowest BCUT2D eigenvalue weighted by atomic mass is 10.3. The Morgan fingerprint density at radius 1 is 1.23 bits per heavy atom. The predicted molar refractivity (Wildman–Crippen MR) is 89.0 cm³/mol. The molecule has 2 rings (SSSR count). The molecule has 1 heterocycles. The second kappa shape index (κ2) is 7.96. The minimum atomic E-state index is -0.225. The fraction of sp³-hybridized carbons (Fsp3) is 0.267. The van der Waals surface area contributed by atoms with E-state index in [0.717, 1.165) is 12.8 Å². The van der Waals surface area contributed by atoms with Crippen LogP contribution >= 0.6 is 23.2 Å². The number of unbranched alkanes of at least 4 members (excludes halogenated alkanes) is 1. The summed E-state index contributed by atoms with van der Waals surface area (Å²) >= 11 is 11.9. The van der Waals surface area contributed by atoms with Gasteiger partial charge >= 0.3 is 0 Å². The number of hydrogen-bond acceptors (Lipinski definition) is 4. The van der Waals surface area contributed by atoms with Crippen molar-refractivity contribution in [2.45, 2.75) is 19.8 Å². The molecular formula is C15H16Cl2N4O. The summed E-state index contributed by atoms with van der Waals surface area (Å²) < 4.78 is 0. The lowest BCUT2D eigenvalue weighted by Gasteiger charge is -2.08. The van der Waals surface area contributed by atoms with Gasteiger partial charge in [-0.25, -0.2) is 9.97 Å². The third-order valence-corrected chi connectivity index (χ3v) is 3.44. The number of carbonyl (C=O) groups excluding carboxylic acids is 1. The van der Waals surface area contributed by atoms with Crippen LogP contribution in [0, 0.1) is 0 Å². The summed E-state index contributed by atoms with van der Waals surface area (Å²) in [5.41, 5.74) is 0.948. The molecule has 0 fully saturated rings. The Morgan fingerprint density at radius 2 is 2.05 bits per heavy atom. The second-order valence-electron chi connectivity index (χ2n) is 4.65. The van der Waals surface area contributed by atoms with Crippen molar-refractivity contribution in [3.05, 3.63) is 46.3 Å². The Morgan fingerprint density at radius 3 is 2.68 bits per heavy atom. The number of carbonyl (C=O) groups is 1. The van der Waals surface area contributed by atoms with Crippen LogP contribution in [0.3, 0.4) is 0 Å². The van der Waals surface area contributed by atoms with E-state index in [9.17, 15) is 4.79 Å². The summed E-state index contributed by atoms with van der Waals surface area (Å²) in [4.78, 5) is 20.1. The largest absolute Gasteiger partial charge is 0.351 e. The zero-order chi connectivity index (χ0) is 15.9. The summed E-state index contributed by atoms with van der Waals surface area (Å²) in [6.45, 7) is 2.70. The van der Waals surface area contributed by atoms with Gasteiger partial charge in [-0.2, -0.15) is 0 Å². The summed E-state index contributed by atoms with van der Waals surface area (Å²) in [6.07, 6.45) is 4.87. The van der Waals surface area contributed by atoms with Crippen LogP contribution in [0.1, 0.15) is 30.3 Å². The molecule has 0 unspecified atom stereocenters. The molecule has 116 valence electrons. The Balaban J connectivity index is 2.01. The molecule has 1 aromatic heterocycles. The van der Waals surface area contributed by atoms with E-state index in [0.29, 0.717) is 28.1 Å². The monoisotopic (exact) mass is 338 g/mol. The van der Waals surface area contributed by atoms with Crippen molar-refractivity contribution in [1.82, 2.24) is 15.3 Å². The van der Waals surface area contributed by atoms with E-state index >= 15 is 0 Å². The minimum absolute atomic E-state index is 0.225. The van der Waals surface area contributed by atoms with Crippen LogP contribution in [0.2, 0.25) is 10.0 Å². The smallest absolute Gasteiger partial charge is 0.271 e. The van der Waals surface area contributed by atoms with Crippen LogP contribution in [0.4, 0.5) is 11.5 Å². The highest BCUT2D eigenvalue weighted by Gasteiger charge is 2.08. The number of benzene rings is 1. The van der Waals surface area contributed by atoms with Crippen molar-refractivity contribution in [2.24, 2.45) is 0 Å². The molecule has 0 aliphatic rings. The summed E-state index contributed by atoms with van der Waals surface area (Å²) in [6, 6.07) is 5.10. The van der Waals surface area contributed by atoms with Crippen LogP contribution < -0.4 is 10.6 Å². The first-order valence-electron chi connectivity index (χ1n) is 6.92. The van der Waals surface area contributed by atoms with Crippen molar-refractivity contribution in [1.29, 1.82) is 0 Å². The maximum Gasteiger partial charge on any atom is 0.271 e. The third-order valence-electron chi connectivity index (χ3n) is 2.89. The van der Waals surface area contributed by atoms with Gasteiger partial charge in [0.15, 0.2) is 0 Å². The first-order chi connectivity index (χ1) is 10.6. The highest BCUT2D eigenvalue weighted by Crippen LogP contribution is 2.27. The van der Waals surface area contributed by atoms with Crippen molar-refractivity contribution in [3.8, 4) is 0 Å². The normalized spacial score (nSPS) is 10.3. The van der Waals surface area contributed by atoms with E-state index in [2.05, 4.69) is 27.5 Å². The molecule has 0 aliphatic heterocycles. The molecule has 22 heavy (non-hydrogen) atoms. The number of amides is 1. The molecule has 0 aliphatic carbocycles. The van der Waals surface area contributed by atoms with Gasteiger partial charge in [0.05, 0.1) is 23.1 Å². The van der Waals surface area contributed by atoms with Gasteiger partial charge in [0.1, 0.15) is 11.5 Å². The summed E-state index contributed by atoms with van der Waals surface area (Å²) in [5, 5.41) is 6.85. The average Bonchev–Trinajstić information content (AvgIpc) is 2.51. The fourth-order valence-electron chi connectivity index (χ4n) is 1.71. The molecule has 2 aromatic rings. The molecule has 0 radical (unpaired) electrons. The van der Waals surface area contributed by atoms with E-state index in [1.165, 1.54) is 12.4 Å². The summed E-state index contributed by atoms with van der Waals surface area (Å²) in [5.74, 6) is 0.270. The Kier molecular flexibility index (Phi) is 5.98. The molecular weight excluding hydrogens is 323 g/mol. The summed E-state index contributed by atoms with van der Waals surface area (Å²) in [7, 11) is 0. The average molecular weight is 339 g/mol. The fourth-order valence-corrected chi connectivity index (χ4v) is 2.16. The zero-order valence-corrected chi connectivity index (χ0v) is 13.6. The number of hydrogen-bond donors (Lipinski definition) is 2. The van der Waals surface area contributed by atoms with Crippen molar-refractivity contribution >= 4 is 40.6 Å². The number of halogens is 2. The topological polar surface area (TPSA) is 66.9 Å². The molecule has 0 bridgehead atoms. The SMILES string of the molecule is CCCCNC(=O)c1cnc(Nc2ccc(Cl)cc2Cl)cn1. The van der Waals surface area contributed by atoms with Crippen LogP contribution in [-0.2, 0) is 0 Å². The quantitative estimate of drug-likeness (QED) is 0.779. The zero-order valence-electron chi connectivity index (χ0n) is 12.1. The number of anilines is 2. The maximum atomic E-state index is 11.8. The predicted octanol–water partition coefficient (Wildman–Crippen LogP) is 4.06. The highest BCUT2D eigenvalue weighted by molar-refractivity contribution is 6.36. The molecule has 2 N–H and O–H groups in total. The van der Waals surface area contributed by atoms with Gasteiger partial charge in [-0.15, -0.1) is 0 Å². The molecule has 0 atom stereocenters. The van der Waals surface area contributed by atoms with Gasteiger partial charge in [0, 0.05) is 11.6 Å². The lowest BCUT2D eigenvalue weighted by molar-refractivity contribution is 0.0948. The minimum Gasteiger partial charge on any atom is -0.351 e. The van der Waals surface area contributed by atoms with Crippen molar-refractivity contribution in [3.63, 3.8) is 0 Å². The molecule has 1 aromatic carbocycles. The third kappa shape index (κ3) is 4.58. The van der Waals surface area contributed by atoms with E-state index < -0.39 is 0 Å². The van der Waals surface area contributed by atoms with Gasteiger partial charge in [-0.05, 0) is 24.6 Å². The number of nitrogens with one attached hydrogen (secondary N) is 2. The van der Waals surface area contributed by atoms with Gasteiger partial charge in [-0.1, -0.05) is 36.5 Å². The second-order valence-corrected chi connectivity index (χ2v) is 5.49. The molecule has 0 saturated carbocycles. The van der Waals surface area contributed by atoms with Gasteiger partial charge in [-0.3, -0.25) is 4.79 Å². The maximum absolute atomic E-state index is 11.8. The Bertz CT molecular complexity index is 646. The van der Waals surface area contributed by atoms with Crippen LogP contribution in [0.25, 0.3) is 0 Å². The number of aromatic nitrogens is 2. The molecule has 7 heteroatoms. The van der Waals surface area contributed by atoms with Gasteiger partial charge in [0.2, 0.25) is 0 Å². The van der Waals surface area contributed by atoms with Crippen LogP contribution in [-0.4, -0.2) is 22.4 Å².